The Morgan fingerprint density at radius 1 is 0.882 bits per heavy atom. The van der Waals surface area contributed by atoms with Crippen LogP contribution in [0.2, 0.25) is 0 Å². The predicted molar refractivity (Wildman–Crippen MR) is 66.6 cm³/mol. The molecule has 0 saturated carbocycles. The Kier molecular flexibility index (Phi) is 2.12. The second-order valence-electron chi connectivity index (χ2n) is 4.53. The summed E-state index contributed by atoms with van der Waals surface area (Å²) in [5.74, 6) is 0. The molecule has 0 aromatic heterocycles. The SMILES string of the molecule is C[C@@H](O)C1(O)c2ccccc2-c2ccccc21. The van der Waals surface area contributed by atoms with Crippen LogP contribution in [-0.4, -0.2) is 16.3 Å². The van der Waals surface area contributed by atoms with E-state index >= 15 is 0 Å². The normalized spacial score (nSPS) is 17.4. The summed E-state index contributed by atoms with van der Waals surface area (Å²) >= 11 is 0. The van der Waals surface area contributed by atoms with E-state index < -0.39 is 11.7 Å². The number of hydrogen-bond acceptors (Lipinski definition) is 2. The van der Waals surface area contributed by atoms with Gasteiger partial charge < -0.3 is 10.2 Å². The van der Waals surface area contributed by atoms with Gasteiger partial charge in [0, 0.05) is 0 Å². The molecule has 0 heterocycles. The van der Waals surface area contributed by atoms with Crippen molar-refractivity contribution in [2.45, 2.75) is 18.6 Å². The Morgan fingerprint density at radius 3 is 1.71 bits per heavy atom. The van der Waals surface area contributed by atoms with Gasteiger partial charge in [0.1, 0.15) is 5.60 Å². The molecule has 0 bridgehead atoms. The van der Waals surface area contributed by atoms with E-state index in [-0.39, 0.29) is 0 Å². The predicted octanol–water partition coefficient (Wildman–Crippen LogP) is 2.28. The lowest BCUT2D eigenvalue weighted by atomic mass is 9.87. The number of aliphatic hydroxyl groups is 2. The number of benzene rings is 2. The van der Waals surface area contributed by atoms with Crippen molar-refractivity contribution in [2.75, 3.05) is 0 Å². The van der Waals surface area contributed by atoms with E-state index in [1.165, 1.54) is 0 Å². The van der Waals surface area contributed by atoms with Gasteiger partial charge in [-0.2, -0.15) is 0 Å². The maximum atomic E-state index is 10.8. The molecule has 0 unspecified atom stereocenters. The Hall–Kier alpha value is -1.64. The fraction of sp³-hybridized carbons (Fsp3) is 0.200. The Balaban J connectivity index is 2.39. The molecule has 0 aliphatic heterocycles. The first-order chi connectivity index (χ1) is 8.15. The molecule has 3 rings (SSSR count). The van der Waals surface area contributed by atoms with Gasteiger partial charge in [-0.3, -0.25) is 0 Å². The molecule has 17 heavy (non-hydrogen) atoms. The highest BCUT2D eigenvalue weighted by molar-refractivity contribution is 5.80. The minimum atomic E-state index is -1.28. The maximum absolute atomic E-state index is 10.8. The van der Waals surface area contributed by atoms with Crippen LogP contribution in [0.5, 0.6) is 0 Å². The van der Waals surface area contributed by atoms with E-state index in [0.29, 0.717) is 0 Å². The summed E-state index contributed by atoms with van der Waals surface area (Å²) < 4.78 is 0. The Morgan fingerprint density at radius 2 is 1.29 bits per heavy atom. The first-order valence-corrected chi connectivity index (χ1v) is 5.75. The van der Waals surface area contributed by atoms with Gasteiger partial charge >= 0.3 is 0 Å². The van der Waals surface area contributed by atoms with E-state index in [1.807, 2.05) is 48.5 Å². The van der Waals surface area contributed by atoms with E-state index in [4.69, 9.17) is 0 Å². The molecular formula is C15H14O2. The second-order valence-corrected chi connectivity index (χ2v) is 4.53. The van der Waals surface area contributed by atoms with E-state index in [2.05, 4.69) is 0 Å². The monoisotopic (exact) mass is 226 g/mol. The molecule has 0 radical (unpaired) electrons. The van der Waals surface area contributed by atoms with Crippen LogP contribution in [0.4, 0.5) is 0 Å². The molecule has 0 fully saturated rings. The highest BCUT2D eigenvalue weighted by Gasteiger charge is 2.44. The van der Waals surface area contributed by atoms with Gasteiger partial charge in [-0.15, -0.1) is 0 Å². The molecule has 0 saturated heterocycles. The average molecular weight is 226 g/mol. The van der Waals surface area contributed by atoms with Crippen LogP contribution in [0.1, 0.15) is 18.1 Å². The zero-order valence-electron chi connectivity index (χ0n) is 9.59. The first-order valence-electron chi connectivity index (χ1n) is 5.75. The van der Waals surface area contributed by atoms with Crippen molar-refractivity contribution in [3.8, 4) is 11.1 Å². The quantitative estimate of drug-likeness (QED) is 0.783. The molecule has 0 amide bonds. The molecule has 1 atom stereocenters. The van der Waals surface area contributed by atoms with Crippen LogP contribution in [0.3, 0.4) is 0 Å². The standard InChI is InChI=1S/C15H14O2/c1-10(16)15(17)13-8-4-2-6-11(13)12-7-3-5-9-14(12)15/h2-10,16-17H,1H3/t10-/m1/s1. The number of aliphatic hydroxyl groups excluding tert-OH is 1. The molecule has 2 aromatic carbocycles. The maximum Gasteiger partial charge on any atom is 0.141 e. The molecule has 2 N–H and O–H groups in total. The average Bonchev–Trinajstić information content (AvgIpc) is 2.63. The van der Waals surface area contributed by atoms with Crippen molar-refractivity contribution in [3.63, 3.8) is 0 Å². The smallest absolute Gasteiger partial charge is 0.141 e. The van der Waals surface area contributed by atoms with Crippen LogP contribution < -0.4 is 0 Å². The van der Waals surface area contributed by atoms with Crippen molar-refractivity contribution >= 4 is 0 Å². The number of fused-ring (bicyclic) bond motifs is 3. The summed E-state index contributed by atoms with van der Waals surface area (Å²) in [5, 5.41) is 20.8. The summed E-state index contributed by atoms with van der Waals surface area (Å²) in [4.78, 5) is 0. The van der Waals surface area contributed by atoms with Crippen molar-refractivity contribution in [1.29, 1.82) is 0 Å². The van der Waals surface area contributed by atoms with Crippen LogP contribution in [-0.2, 0) is 5.60 Å². The highest BCUT2D eigenvalue weighted by Crippen LogP contribution is 2.48. The summed E-state index contributed by atoms with van der Waals surface area (Å²) in [5.41, 5.74) is 2.30. The van der Waals surface area contributed by atoms with E-state index in [9.17, 15) is 10.2 Å². The van der Waals surface area contributed by atoms with Gasteiger partial charge in [0.2, 0.25) is 0 Å². The fourth-order valence-corrected chi connectivity index (χ4v) is 2.70. The van der Waals surface area contributed by atoms with Crippen molar-refractivity contribution < 1.29 is 10.2 Å². The Bertz CT molecular complexity index is 527. The second kappa shape index (κ2) is 3.42. The summed E-state index contributed by atoms with van der Waals surface area (Å²) in [6, 6.07) is 15.4. The van der Waals surface area contributed by atoms with Crippen LogP contribution >= 0.6 is 0 Å². The lowest BCUT2D eigenvalue weighted by Gasteiger charge is -2.28. The van der Waals surface area contributed by atoms with Gasteiger partial charge in [0.05, 0.1) is 6.10 Å². The van der Waals surface area contributed by atoms with Crippen molar-refractivity contribution in [2.24, 2.45) is 0 Å². The first kappa shape index (κ1) is 10.5. The summed E-state index contributed by atoms with van der Waals surface area (Å²) in [7, 11) is 0. The van der Waals surface area contributed by atoms with E-state index in [0.717, 1.165) is 22.3 Å². The summed E-state index contributed by atoms with van der Waals surface area (Å²) in [6.07, 6.45) is -0.840. The van der Waals surface area contributed by atoms with Crippen LogP contribution in [0, 0.1) is 0 Å². The molecule has 1 aliphatic rings. The summed E-state index contributed by atoms with van der Waals surface area (Å²) in [6.45, 7) is 1.62. The lowest BCUT2D eigenvalue weighted by molar-refractivity contribution is -0.0361. The fourth-order valence-electron chi connectivity index (χ4n) is 2.70. The van der Waals surface area contributed by atoms with E-state index in [1.54, 1.807) is 6.92 Å². The number of rotatable bonds is 1. The minimum Gasteiger partial charge on any atom is -0.390 e. The van der Waals surface area contributed by atoms with Crippen LogP contribution in [0.15, 0.2) is 48.5 Å². The van der Waals surface area contributed by atoms with Gasteiger partial charge in [0.25, 0.3) is 0 Å². The minimum absolute atomic E-state index is 0.788. The zero-order valence-corrected chi connectivity index (χ0v) is 9.59. The van der Waals surface area contributed by atoms with Gasteiger partial charge in [0.15, 0.2) is 0 Å². The molecule has 0 spiro atoms. The van der Waals surface area contributed by atoms with Gasteiger partial charge in [-0.25, -0.2) is 0 Å². The zero-order chi connectivity index (χ0) is 12.0. The molecular weight excluding hydrogens is 212 g/mol. The molecule has 86 valence electrons. The largest absolute Gasteiger partial charge is 0.390 e. The molecule has 2 heteroatoms. The Labute approximate surface area is 100 Å². The third-order valence-corrected chi connectivity index (χ3v) is 3.57. The van der Waals surface area contributed by atoms with Crippen molar-refractivity contribution in [3.05, 3.63) is 59.7 Å². The molecule has 1 aliphatic carbocycles. The van der Waals surface area contributed by atoms with Gasteiger partial charge in [-0.1, -0.05) is 48.5 Å². The third kappa shape index (κ3) is 1.22. The lowest BCUT2D eigenvalue weighted by Crippen LogP contribution is -2.36. The van der Waals surface area contributed by atoms with Crippen LogP contribution in [0.25, 0.3) is 11.1 Å². The van der Waals surface area contributed by atoms with Crippen molar-refractivity contribution in [1.82, 2.24) is 0 Å². The molecule has 2 nitrogen and oxygen atoms in total. The topological polar surface area (TPSA) is 40.5 Å². The number of hydrogen-bond donors (Lipinski definition) is 2. The van der Waals surface area contributed by atoms with Gasteiger partial charge in [-0.05, 0) is 29.2 Å². The highest BCUT2D eigenvalue weighted by atomic mass is 16.3. The molecule has 2 aromatic rings. The third-order valence-electron chi connectivity index (χ3n) is 3.57.